The molecule has 0 radical (unpaired) electrons. The molecule has 1 aliphatic heterocycles. The SMILES string of the molecule is COc1ccc(NC(=O)N2CCC(c3nc(-c4ccc(C)cc4)no3)CC2)c(OC)c1. The smallest absolute Gasteiger partial charge is 0.321 e. The molecule has 0 saturated carbocycles. The van der Waals surface area contributed by atoms with Crippen LogP contribution in [-0.2, 0) is 0 Å². The van der Waals surface area contributed by atoms with E-state index in [1.165, 1.54) is 5.56 Å². The van der Waals surface area contributed by atoms with Crippen molar-refractivity contribution in [2.75, 3.05) is 32.6 Å². The van der Waals surface area contributed by atoms with Gasteiger partial charge in [0.25, 0.3) is 0 Å². The number of rotatable bonds is 5. The van der Waals surface area contributed by atoms with Crippen molar-refractivity contribution < 1.29 is 18.8 Å². The van der Waals surface area contributed by atoms with Crippen molar-refractivity contribution in [3.63, 3.8) is 0 Å². The van der Waals surface area contributed by atoms with E-state index in [1.54, 1.807) is 37.3 Å². The molecule has 1 fully saturated rings. The zero-order valence-corrected chi connectivity index (χ0v) is 17.9. The number of carbonyl (C=O) groups excluding carboxylic acids is 1. The summed E-state index contributed by atoms with van der Waals surface area (Å²) in [4.78, 5) is 19.1. The summed E-state index contributed by atoms with van der Waals surface area (Å²) in [5.41, 5.74) is 2.73. The highest BCUT2D eigenvalue weighted by Crippen LogP contribution is 2.31. The Morgan fingerprint density at radius 2 is 1.84 bits per heavy atom. The molecule has 8 heteroatoms. The molecular formula is C23H26N4O4. The first-order chi connectivity index (χ1) is 15.1. The van der Waals surface area contributed by atoms with E-state index in [9.17, 15) is 4.79 Å². The first-order valence-electron chi connectivity index (χ1n) is 10.3. The van der Waals surface area contributed by atoms with E-state index in [0.717, 1.165) is 18.4 Å². The highest BCUT2D eigenvalue weighted by atomic mass is 16.5. The second kappa shape index (κ2) is 9.07. The molecule has 0 spiro atoms. The van der Waals surface area contributed by atoms with Crippen molar-refractivity contribution in [3.8, 4) is 22.9 Å². The number of carbonyl (C=O) groups is 1. The molecule has 0 aliphatic carbocycles. The molecule has 3 aromatic rings. The molecule has 8 nitrogen and oxygen atoms in total. The highest BCUT2D eigenvalue weighted by Gasteiger charge is 2.28. The molecule has 1 saturated heterocycles. The second-order valence-electron chi connectivity index (χ2n) is 7.58. The molecule has 4 rings (SSSR count). The molecule has 1 N–H and O–H groups in total. The standard InChI is InChI=1S/C23H26N4O4/c1-15-4-6-16(7-5-15)21-25-22(31-26-21)17-10-12-27(13-11-17)23(28)24-19-9-8-18(29-2)14-20(19)30-3/h4-9,14,17H,10-13H2,1-3H3,(H,24,28). The van der Waals surface area contributed by atoms with Gasteiger partial charge in [-0.15, -0.1) is 0 Å². The van der Waals surface area contributed by atoms with E-state index in [4.69, 9.17) is 14.0 Å². The second-order valence-corrected chi connectivity index (χ2v) is 7.58. The number of methoxy groups -OCH3 is 2. The average Bonchev–Trinajstić information content (AvgIpc) is 3.30. The van der Waals surface area contributed by atoms with Gasteiger partial charge in [0.2, 0.25) is 11.7 Å². The van der Waals surface area contributed by atoms with Crippen LogP contribution in [0.5, 0.6) is 11.5 Å². The number of piperidine rings is 1. The Bertz CT molecular complexity index is 1040. The number of ether oxygens (including phenoxy) is 2. The van der Waals surface area contributed by atoms with Crippen LogP contribution in [0.3, 0.4) is 0 Å². The number of aromatic nitrogens is 2. The summed E-state index contributed by atoms with van der Waals surface area (Å²) < 4.78 is 16.1. The minimum atomic E-state index is -0.159. The third-order valence-corrected chi connectivity index (χ3v) is 5.53. The minimum absolute atomic E-state index is 0.145. The number of likely N-dealkylation sites (tertiary alicyclic amines) is 1. The number of anilines is 1. The maximum Gasteiger partial charge on any atom is 0.321 e. The predicted molar refractivity (Wildman–Crippen MR) is 117 cm³/mol. The number of hydrogen-bond donors (Lipinski definition) is 1. The van der Waals surface area contributed by atoms with Gasteiger partial charge < -0.3 is 24.2 Å². The summed E-state index contributed by atoms with van der Waals surface area (Å²) in [6.45, 7) is 3.26. The molecule has 1 aromatic heterocycles. The number of aryl methyl sites for hydroxylation is 1. The minimum Gasteiger partial charge on any atom is -0.497 e. The van der Waals surface area contributed by atoms with Gasteiger partial charge in [-0.2, -0.15) is 4.98 Å². The van der Waals surface area contributed by atoms with E-state index in [2.05, 4.69) is 15.5 Å². The lowest BCUT2D eigenvalue weighted by Crippen LogP contribution is -2.40. The zero-order chi connectivity index (χ0) is 21.8. The lowest BCUT2D eigenvalue weighted by atomic mass is 9.97. The molecule has 2 heterocycles. The van der Waals surface area contributed by atoms with Crippen molar-refractivity contribution in [1.29, 1.82) is 0 Å². The molecule has 2 amide bonds. The Labute approximate surface area is 181 Å². The monoisotopic (exact) mass is 422 g/mol. The Hall–Kier alpha value is -3.55. The van der Waals surface area contributed by atoms with Crippen LogP contribution in [-0.4, -0.2) is 48.4 Å². The normalized spacial score (nSPS) is 14.4. The van der Waals surface area contributed by atoms with E-state index < -0.39 is 0 Å². The third kappa shape index (κ3) is 4.63. The van der Waals surface area contributed by atoms with Crippen LogP contribution in [0.4, 0.5) is 10.5 Å². The van der Waals surface area contributed by atoms with Crippen molar-refractivity contribution in [2.45, 2.75) is 25.7 Å². The van der Waals surface area contributed by atoms with Gasteiger partial charge in [0.05, 0.1) is 19.9 Å². The fraction of sp³-hybridized carbons (Fsp3) is 0.348. The maximum absolute atomic E-state index is 12.7. The Morgan fingerprint density at radius 1 is 1.10 bits per heavy atom. The summed E-state index contributed by atoms with van der Waals surface area (Å²) in [6, 6.07) is 13.2. The summed E-state index contributed by atoms with van der Waals surface area (Å²) in [7, 11) is 3.15. The molecule has 2 aromatic carbocycles. The van der Waals surface area contributed by atoms with Gasteiger partial charge >= 0.3 is 6.03 Å². The van der Waals surface area contributed by atoms with Crippen LogP contribution in [0, 0.1) is 6.92 Å². The average molecular weight is 422 g/mol. The largest absolute Gasteiger partial charge is 0.497 e. The predicted octanol–water partition coefficient (Wildman–Crippen LogP) is 4.47. The van der Waals surface area contributed by atoms with Gasteiger partial charge in [-0.1, -0.05) is 35.0 Å². The van der Waals surface area contributed by atoms with Gasteiger partial charge in [0.15, 0.2) is 0 Å². The topological polar surface area (TPSA) is 89.7 Å². The number of benzene rings is 2. The van der Waals surface area contributed by atoms with E-state index in [1.807, 2.05) is 31.2 Å². The molecule has 31 heavy (non-hydrogen) atoms. The highest BCUT2D eigenvalue weighted by molar-refractivity contribution is 5.91. The van der Waals surface area contributed by atoms with Crippen molar-refractivity contribution in [3.05, 3.63) is 53.9 Å². The fourth-order valence-electron chi connectivity index (χ4n) is 3.65. The van der Waals surface area contributed by atoms with Gasteiger partial charge in [-0.25, -0.2) is 4.79 Å². The zero-order valence-electron chi connectivity index (χ0n) is 17.9. The number of urea groups is 1. The number of amides is 2. The first-order valence-corrected chi connectivity index (χ1v) is 10.3. The molecule has 0 bridgehead atoms. The van der Waals surface area contributed by atoms with E-state index in [0.29, 0.717) is 42.0 Å². The molecular weight excluding hydrogens is 396 g/mol. The summed E-state index contributed by atoms with van der Waals surface area (Å²) in [6.07, 6.45) is 1.53. The molecule has 0 unspecified atom stereocenters. The van der Waals surface area contributed by atoms with Crippen molar-refractivity contribution in [2.24, 2.45) is 0 Å². The quantitative estimate of drug-likeness (QED) is 0.652. The Morgan fingerprint density at radius 3 is 2.52 bits per heavy atom. The number of nitrogens with zero attached hydrogens (tertiary/aromatic N) is 3. The molecule has 1 aliphatic rings. The lowest BCUT2D eigenvalue weighted by molar-refractivity contribution is 0.187. The molecule has 0 atom stereocenters. The van der Waals surface area contributed by atoms with Crippen LogP contribution < -0.4 is 14.8 Å². The third-order valence-electron chi connectivity index (χ3n) is 5.53. The fourth-order valence-corrected chi connectivity index (χ4v) is 3.65. The van der Waals surface area contributed by atoms with Crippen molar-refractivity contribution in [1.82, 2.24) is 15.0 Å². The van der Waals surface area contributed by atoms with E-state index in [-0.39, 0.29) is 11.9 Å². The van der Waals surface area contributed by atoms with Crippen LogP contribution in [0.2, 0.25) is 0 Å². The van der Waals surface area contributed by atoms with Gasteiger partial charge in [-0.3, -0.25) is 0 Å². The van der Waals surface area contributed by atoms with Crippen LogP contribution in [0.25, 0.3) is 11.4 Å². The number of nitrogens with one attached hydrogen (secondary N) is 1. The van der Waals surface area contributed by atoms with Crippen molar-refractivity contribution >= 4 is 11.7 Å². The van der Waals surface area contributed by atoms with Crippen LogP contribution in [0.15, 0.2) is 47.0 Å². The first kappa shape index (κ1) is 20.7. The number of hydrogen-bond acceptors (Lipinski definition) is 6. The van der Waals surface area contributed by atoms with Crippen LogP contribution in [0.1, 0.15) is 30.2 Å². The maximum atomic E-state index is 12.7. The summed E-state index contributed by atoms with van der Waals surface area (Å²) in [5, 5.41) is 7.05. The Balaban J connectivity index is 1.36. The van der Waals surface area contributed by atoms with E-state index >= 15 is 0 Å². The molecule has 162 valence electrons. The lowest BCUT2D eigenvalue weighted by Gasteiger charge is -2.30. The Kier molecular flexibility index (Phi) is 6.06. The van der Waals surface area contributed by atoms with Crippen LogP contribution >= 0.6 is 0 Å². The summed E-state index contributed by atoms with van der Waals surface area (Å²) in [5.74, 6) is 2.60. The summed E-state index contributed by atoms with van der Waals surface area (Å²) >= 11 is 0. The van der Waals surface area contributed by atoms with Gasteiger partial charge in [-0.05, 0) is 31.9 Å². The van der Waals surface area contributed by atoms with Gasteiger partial charge in [0, 0.05) is 30.6 Å². The van der Waals surface area contributed by atoms with Gasteiger partial charge in [0.1, 0.15) is 11.5 Å².